The fourth-order valence-corrected chi connectivity index (χ4v) is 3.41. The molecule has 0 radical (unpaired) electrons. The summed E-state index contributed by atoms with van der Waals surface area (Å²) in [6.07, 6.45) is 2.35. The molecule has 1 saturated heterocycles. The molecule has 1 aromatic carbocycles. The predicted octanol–water partition coefficient (Wildman–Crippen LogP) is 1.98. The Bertz CT molecular complexity index is 561. The van der Waals surface area contributed by atoms with E-state index in [1.807, 2.05) is 6.92 Å². The maximum absolute atomic E-state index is 12.0. The van der Waals surface area contributed by atoms with Crippen LogP contribution in [0.4, 0.5) is 0 Å². The Morgan fingerprint density at radius 1 is 1.37 bits per heavy atom. The van der Waals surface area contributed by atoms with Gasteiger partial charge in [0.1, 0.15) is 0 Å². The smallest absolute Gasteiger partial charge is 0.234 e. The molecule has 1 fully saturated rings. The van der Waals surface area contributed by atoms with Crippen molar-refractivity contribution in [3.8, 4) is 0 Å². The zero-order valence-electron chi connectivity index (χ0n) is 10.7. The van der Waals surface area contributed by atoms with Crippen LogP contribution in [0.3, 0.4) is 0 Å². The van der Waals surface area contributed by atoms with Gasteiger partial charge in [-0.1, -0.05) is 23.7 Å². The monoisotopic (exact) mass is 300 g/mol. The summed E-state index contributed by atoms with van der Waals surface area (Å²) in [4.78, 5) is 0. The van der Waals surface area contributed by atoms with Gasteiger partial charge in [0, 0.05) is 22.5 Å². The van der Waals surface area contributed by atoms with Gasteiger partial charge in [-0.05, 0) is 43.7 Å². The molecule has 2 rings (SSSR count). The van der Waals surface area contributed by atoms with Crippen molar-refractivity contribution in [3.63, 3.8) is 0 Å². The van der Waals surface area contributed by atoms with Crippen LogP contribution in [0.15, 0.2) is 29.7 Å². The molecule has 1 atom stereocenters. The third-order valence-corrected chi connectivity index (χ3v) is 4.59. The molecular formula is C13H17ClN2O2S. The lowest BCUT2D eigenvalue weighted by Gasteiger charge is -2.22. The second kappa shape index (κ2) is 5.63. The predicted molar refractivity (Wildman–Crippen MR) is 78.4 cm³/mol. The molecule has 1 aromatic rings. The topological polar surface area (TPSA) is 58.2 Å². The second-order valence-electron chi connectivity index (χ2n) is 4.99. The first-order valence-corrected chi connectivity index (χ1v) is 7.99. The molecule has 19 heavy (non-hydrogen) atoms. The maximum Gasteiger partial charge on any atom is 0.234 e. The van der Waals surface area contributed by atoms with E-state index < -0.39 is 15.6 Å². The molecule has 6 heteroatoms. The first-order chi connectivity index (χ1) is 8.89. The van der Waals surface area contributed by atoms with Gasteiger partial charge in [-0.25, -0.2) is 13.1 Å². The first-order valence-electron chi connectivity index (χ1n) is 6.07. The summed E-state index contributed by atoms with van der Waals surface area (Å²) >= 11 is 5.77. The summed E-state index contributed by atoms with van der Waals surface area (Å²) in [6.45, 7) is 3.39. The molecular weight excluding hydrogens is 284 g/mol. The lowest BCUT2D eigenvalue weighted by atomic mass is 10.0. The van der Waals surface area contributed by atoms with Gasteiger partial charge < -0.3 is 5.32 Å². The number of sulfonamides is 1. The minimum Gasteiger partial charge on any atom is -0.315 e. The van der Waals surface area contributed by atoms with Gasteiger partial charge in [0.25, 0.3) is 0 Å². The van der Waals surface area contributed by atoms with E-state index in [-0.39, 0.29) is 0 Å². The Kier molecular flexibility index (Phi) is 4.30. The van der Waals surface area contributed by atoms with E-state index in [9.17, 15) is 8.42 Å². The summed E-state index contributed by atoms with van der Waals surface area (Å²) in [5.74, 6) is 0. The summed E-state index contributed by atoms with van der Waals surface area (Å²) in [6, 6.07) is 6.99. The number of nitrogens with one attached hydrogen (secondary N) is 2. The molecule has 0 spiro atoms. The van der Waals surface area contributed by atoms with Crippen LogP contribution in [0.2, 0.25) is 5.02 Å². The quantitative estimate of drug-likeness (QED) is 0.894. The van der Waals surface area contributed by atoms with Crippen LogP contribution in [-0.2, 0) is 10.0 Å². The largest absolute Gasteiger partial charge is 0.315 e. The SMILES string of the molecule is CC1(NS(=O)(=O)/C=C/c2ccc(Cl)cc2)CCNC1. The fourth-order valence-electron chi connectivity index (χ4n) is 2.02. The molecule has 104 valence electrons. The molecule has 1 unspecified atom stereocenters. The zero-order valence-corrected chi connectivity index (χ0v) is 12.3. The minimum absolute atomic E-state index is 0.400. The Labute approximate surface area is 118 Å². The van der Waals surface area contributed by atoms with Crippen LogP contribution in [0.25, 0.3) is 6.08 Å². The average molecular weight is 301 g/mol. The van der Waals surface area contributed by atoms with Crippen LogP contribution < -0.4 is 10.0 Å². The van der Waals surface area contributed by atoms with Crippen molar-refractivity contribution in [2.24, 2.45) is 0 Å². The Morgan fingerprint density at radius 2 is 2.05 bits per heavy atom. The molecule has 1 heterocycles. The van der Waals surface area contributed by atoms with Crippen molar-refractivity contribution < 1.29 is 8.42 Å². The maximum atomic E-state index is 12.0. The van der Waals surface area contributed by atoms with Crippen LogP contribution in [0, 0.1) is 0 Å². The van der Waals surface area contributed by atoms with Gasteiger partial charge in [0.2, 0.25) is 10.0 Å². The van der Waals surface area contributed by atoms with Crippen molar-refractivity contribution in [2.75, 3.05) is 13.1 Å². The number of benzene rings is 1. The summed E-state index contributed by atoms with van der Waals surface area (Å²) in [5.41, 5.74) is 0.396. The van der Waals surface area contributed by atoms with Crippen LogP contribution >= 0.6 is 11.6 Å². The van der Waals surface area contributed by atoms with E-state index >= 15 is 0 Å². The van der Waals surface area contributed by atoms with Crippen molar-refractivity contribution in [3.05, 3.63) is 40.3 Å². The van der Waals surface area contributed by atoms with Gasteiger partial charge in [-0.15, -0.1) is 0 Å². The molecule has 0 aromatic heterocycles. The number of hydrogen-bond acceptors (Lipinski definition) is 3. The molecule has 0 aliphatic carbocycles. The lowest BCUT2D eigenvalue weighted by molar-refractivity contribution is 0.455. The highest BCUT2D eigenvalue weighted by Crippen LogP contribution is 2.16. The summed E-state index contributed by atoms with van der Waals surface area (Å²) in [7, 11) is -3.44. The van der Waals surface area contributed by atoms with E-state index in [0.717, 1.165) is 18.5 Å². The Hall–Kier alpha value is -0.880. The van der Waals surface area contributed by atoms with E-state index in [4.69, 9.17) is 11.6 Å². The molecule has 1 aliphatic rings. The average Bonchev–Trinajstić information content (AvgIpc) is 2.74. The highest BCUT2D eigenvalue weighted by molar-refractivity contribution is 7.92. The van der Waals surface area contributed by atoms with E-state index in [0.29, 0.717) is 11.6 Å². The Balaban J connectivity index is 2.06. The Morgan fingerprint density at radius 3 is 2.63 bits per heavy atom. The van der Waals surface area contributed by atoms with Gasteiger partial charge in [0.15, 0.2) is 0 Å². The number of halogens is 1. The summed E-state index contributed by atoms with van der Waals surface area (Å²) < 4.78 is 26.7. The van der Waals surface area contributed by atoms with Gasteiger partial charge in [-0.2, -0.15) is 0 Å². The molecule has 2 N–H and O–H groups in total. The second-order valence-corrected chi connectivity index (χ2v) is 6.99. The highest BCUT2D eigenvalue weighted by Gasteiger charge is 2.31. The third-order valence-electron chi connectivity index (χ3n) is 3.07. The number of hydrogen-bond donors (Lipinski definition) is 2. The fraction of sp³-hybridized carbons (Fsp3) is 0.385. The van der Waals surface area contributed by atoms with E-state index in [1.54, 1.807) is 30.3 Å². The lowest BCUT2D eigenvalue weighted by Crippen LogP contribution is -2.46. The normalized spacial score (nSPS) is 24.1. The highest BCUT2D eigenvalue weighted by atomic mass is 35.5. The molecule has 0 bridgehead atoms. The van der Waals surface area contributed by atoms with Crippen LogP contribution in [-0.4, -0.2) is 27.0 Å². The molecule has 4 nitrogen and oxygen atoms in total. The summed E-state index contributed by atoms with van der Waals surface area (Å²) in [5, 5.41) is 4.97. The van der Waals surface area contributed by atoms with E-state index in [1.165, 1.54) is 5.41 Å². The van der Waals surface area contributed by atoms with Crippen molar-refractivity contribution in [1.29, 1.82) is 0 Å². The zero-order chi connectivity index (χ0) is 13.9. The number of rotatable bonds is 4. The van der Waals surface area contributed by atoms with Gasteiger partial charge in [0.05, 0.1) is 0 Å². The van der Waals surface area contributed by atoms with E-state index in [2.05, 4.69) is 10.0 Å². The van der Waals surface area contributed by atoms with Crippen molar-refractivity contribution in [2.45, 2.75) is 18.9 Å². The molecule has 1 aliphatic heterocycles. The van der Waals surface area contributed by atoms with Crippen molar-refractivity contribution in [1.82, 2.24) is 10.0 Å². The first kappa shape index (κ1) is 14.5. The molecule has 0 amide bonds. The van der Waals surface area contributed by atoms with Crippen LogP contribution in [0.5, 0.6) is 0 Å². The van der Waals surface area contributed by atoms with Gasteiger partial charge >= 0.3 is 0 Å². The third kappa shape index (κ3) is 4.31. The molecule has 0 saturated carbocycles. The van der Waals surface area contributed by atoms with Crippen LogP contribution in [0.1, 0.15) is 18.9 Å². The standard InChI is InChI=1S/C13H17ClN2O2S/c1-13(7-8-15-10-13)16-19(17,18)9-6-11-2-4-12(14)5-3-11/h2-6,9,15-16H,7-8,10H2,1H3/b9-6+. The minimum atomic E-state index is -3.44. The van der Waals surface area contributed by atoms with Gasteiger partial charge in [-0.3, -0.25) is 0 Å². The van der Waals surface area contributed by atoms with Crippen molar-refractivity contribution >= 4 is 27.7 Å².